The summed E-state index contributed by atoms with van der Waals surface area (Å²) in [6.45, 7) is 3.38. The number of aliphatic hydroxyl groups is 10. The Morgan fingerprint density at radius 1 is 0.400 bits per heavy atom. The molecule has 25 heteroatoms. The van der Waals surface area contributed by atoms with E-state index >= 15 is 0 Å². The molecule has 95 heavy (non-hydrogen) atoms. The minimum atomic E-state index is -5.70. The summed E-state index contributed by atoms with van der Waals surface area (Å²) in [5, 5.41) is 110. The van der Waals surface area contributed by atoms with Gasteiger partial charge in [0.2, 0.25) is 0 Å². The lowest BCUT2D eigenvalue weighted by Gasteiger charge is -2.49. The van der Waals surface area contributed by atoms with E-state index in [-0.39, 0.29) is 19.3 Å². The van der Waals surface area contributed by atoms with E-state index in [2.05, 4.69) is 45.1 Å². The van der Waals surface area contributed by atoms with Gasteiger partial charge in [0.25, 0.3) is 0 Å². The van der Waals surface area contributed by atoms with Crippen molar-refractivity contribution >= 4 is 25.7 Å². The monoisotopic (exact) mass is 1380 g/mol. The van der Waals surface area contributed by atoms with E-state index < -0.39 is 156 Å². The third-order valence-electron chi connectivity index (χ3n) is 18.0. The molecule has 18 atom stereocenters. The molecule has 18 unspecified atom stereocenters. The van der Waals surface area contributed by atoms with Gasteiger partial charge in [-0.05, 0) is 70.6 Å². The van der Waals surface area contributed by atoms with Crippen LogP contribution in [0.4, 0.5) is 0 Å². The first-order valence-corrected chi connectivity index (χ1v) is 38.1. The summed E-state index contributed by atoms with van der Waals surface area (Å²) in [5.41, 5.74) is 0. The lowest BCUT2D eigenvalue weighted by Crippen LogP contribution is -2.69. The van der Waals surface area contributed by atoms with Crippen molar-refractivity contribution in [1.82, 2.24) is 0 Å². The van der Waals surface area contributed by atoms with Gasteiger partial charge >= 0.3 is 25.7 Å². The van der Waals surface area contributed by atoms with Crippen molar-refractivity contribution in [3.05, 3.63) is 24.3 Å². The highest BCUT2D eigenvalue weighted by Gasteiger charge is 2.58. The number of hydrogen-bond acceptors (Lipinski definition) is 23. The van der Waals surface area contributed by atoms with E-state index in [1.54, 1.807) is 0 Å². The minimum absolute atomic E-state index is 0.0223. The Morgan fingerprint density at radius 3 is 1.15 bits per heavy atom. The Hall–Kier alpha value is -2.56. The first kappa shape index (κ1) is 86.7. The maximum absolute atomic E-state index is 14.3. The zero-order valence-corrected chi connectivity index (χ0v) is 58.6. The fourth-order valence-corrected chi connectivity index (χ4v) is 12.9. The fourth-order valence-electron chi connectivity index (χ4n) is 11.9. The van der Waals surface area contributed by atoms with Gasteiger partial charge in [-0.3, -0.25) is 23.4 Å². The Bertz CT molecular complexity index is 2070. The molecule has 0 spiro atoms. The van der Waals surface area contributed by atoms with Crippen LogP contribution < -0.4 is 0 Å². The number of carbonyl (C=O) groups is 3. The molecule has 1 saturated carbocycles. The maximum atomic E-state index is 14.3. The van der Waals surface area contributed by atoms with Crippen molar-refractivity contribution in [2.45, 2.75) is 375 Å². The minimum Gasteiger partial charge on any atom is -0.463 e. The second-order valence-electron chi connectivity index (χ2n) is 26.3. The predicted molar refractivity (Wildman–Crippen MR) is 356 cm³/mol. The van der Waals surface area contributed by atoms with Gasteiger partial charge in [-0.1, -0.05) is 206 Å². The number of hydrogen-bond donors (Lipinski definition) is 11. The summed E-state index contributed by atoms with van der Waals surface area (Å²) in [5.74, 6) is -2.03. The van der Waals surface area contributed by atoms with E-state index in [9.17, 15) is 74.9 Å². The molecule has 0 aromatic heterocycles. The molecule has 556 valence electrons. The van der Waals surface area contributed by atoms with Crippen LogP contribution in [-0.4, -0.2) is 204 Å². The quantitative estimate of drug-likeness (QED) is 0.00887. The SMILES string of the molecule is CCCCCCCC/C=C\CCCCCC(=O)OC(COC(=O)CCCCC/C=C\CCCCCCCCC)COP(=O)(O)OC1C(OC2OC(CO)C(O)C(O)C2O)C(O)C(O)C(O)C1OC1OC(COC(=O)CCCCCCCCCCCCCCC)C(O)C(O)C1O. The lowest BCUT2D eigenvalue weighted by molar-refractivity contribution is -0.360. The molecule has 0 amide bonds. The molecule has 3 aliphatic rings. The normalized spacial score (nSPS) is 28.2. The van der Waals surface area contributed by atoms with Crippen LogP contribution in [0.2, 0.25) is 0 Å². The highest BCUT2D eigenvalue weighted by molar-refractivity contribution is 7.47. The standard InChI is InChI=1S/C70H127O24P/c1-4-7-10-13-16-19-22-25-28-30-32-35-38-41-44-54(72)86-48-51(89-56(74)46-43-40-37-34-31-27-24-21-18-15-12-9-6-3)49-88-95(84,85)94-68-66(92-69-64(82)59(77)57(75)52(47-71)90-69)62(80)61(79)63(81)67(68)93-70-65(83)60(78)58(76)53(91-70)50-87-55(73)45-42-39-36-33-29-26-23-20-17-14-11-8-5-2/h27-28,30-31,51-53,57-71,75-83H,4-26,29,32-50H2,1-3H3,(H,84,85)/b30-28-,31-27-. The smallest absolute Gasteiger partial charge is 0.463 e. The molecular weight excluding hydrogens is 1260 g/mol. The molecule has 2 heterocycles. The van der Waals surface area contributed by atoms with Crippen molar-refractivity contribution in [2.24, 2.45) is 0 Å². The van der Waals surface area contributed by atoms with Crippen LogP contribution in [0.15, 0.2) is 24.3 Å². The molecule has 0 aromatic carbocycles. The lowest BCUT2D eigenvalue weighted by atomic mass is 9.84. The highest BCUT2D eigenvalue weighted by atomic mass is 31.2. The van der Waals surface area contributed by atoms with E-state index in [4.69, 9.17) is 42.2 Å². The van der Waals surface area contributed by atoms with Crippen LogP contribution in [-0.2, 0) is 61.2 Å². The molecule has 24 nitrogen and oxygen atoms in total. The molecular formula is C70H127O24P. The van der Waals surface area contributed by atoms with Crippen LogP contribution in [0.5, 0.6) is 0 Å². The zero-order chi connectivity index (χ0) is 69.6. The second-order valence-corrected chi connectivity index (χ2v) is 27.7. The summed E-state index contributed by atoms with van der Waals surface area (Å²) in [6.07, 6.45) is 11.2. The van der Waals surface area contributed by atoms with Gasteiger partial charge in [-0.25, -0.2) is 4.57 Å². The molecule has 11 N–H and O–H groups in total. The number of ether oxygens (including phenoxy) is 7. The van der Waals surface area contributed by atoms with Crippen LogP contribution in [0.3, 0.4) is 0 Å². The van der Waals surface area contributed by atoms with E-state index in [1.165, 1.54) is 116 Å². The maximum Gasteiger partial charge on any atom is 0.472 e. The summed E-state index contributed by atoms with van der Waals surface area (Å²) in [6, 6.07) is 0. The van der Waals surface area contributed by atoms with Gasteiger partial charge in [0.15, 0.2) is 18.7 Å². The number of allylic oxidation sites excluding steroid dienone is 4. The molecule has 0 radical (unpaired) electrons. The molecule has 1 aliphatic carbocycles. The van der Waals surface area contributed by atoms with Gasteiger partial charge < -0.3 is 89.1 Å². The summed E-state index contributed by atoms with van der Waals surface area (Å²) >= 11 is 0. The third kappa shape index (κ3) is 36.1. The van der Waals surface area contributed by atoms with Gasteiger partial charge in [-0.2, -0.15) is 0 Å². The number of carbonyl (C=O) groups excluding carboxylic acids is 3. The highest BCUT2D eigenvalue weighted by Crippen LogP contribution is 2.49. The van der Waals surface area contributed by atoms with Crippen molar-refractivity contribution in [1.29, 1.82) is 0 Å². The van der Waals surface area contributed by atoms with E-state index in [0.717, 1.165) is 89.9 Å². The van der Waals surface area contributed by atoms with Gasteiger partial charge in [0.05, 0.1) is 13.2 Å². The largest absolute Gasteiger partial charge is 0.472 e. The molecule has 2 aliphatic heterocycles. The number of rotatable bonds is 56. The average Bonchev–Trinajstić information content (AvgIpc) is 0.763. The van der Waals surface area contributed by atoms with Gasteiger partial charge in [0, 0.05) is 19.3 Å². The van der Waals surface area contributed by atoms with Crippen molar-refractivity contribution < 1.29 is 117 Å². The number of esters is 3. The first-order valence-electron chi connectivity index (χ1n) is 36.6. The Kier molecular flexibility index (Phi) is 47.8. The Labute approximate surface area is 566 Å². The van der Waals surface area contributed by atoms with Crippen molar-refractivity contribution in [2.75, 3.05) is 26.4 Å². The van der Waals surface area contributed by atoms with Crippen molar-refractivity contribution in [3.63, 3.8) is 0 Å². The van der Waals surface area contributed by atoms with Crippen LogP contribution in [0, 0.1) is 0 Å². The molecule has 3 rings (SSSR count). The predicted octanol–water partition coefficient (Wildman–Crippen LogP) is 9.35. The van der Waals surface area contributed by atoms with E-state index in [1.807, 2.05) is 0 Å². The molecule has 0 aromatic rings. The molecule has 3 fully saturated rings. The second kappa shape index (κ2) is 52.4. The van der Waals surface area contributed by atoms with Gasteiger partial charge in [0.1, 0.15) is 98.7 Å². The van der Waals surface area contributed by atoms with Crippen LogP contribution in [0.25, 0.3) is 0 Å². The van der Waals surface area contributed by atoms with Crippen LogP contribution >= 0.6 is 7.82 Å². The van der Waals surface area contributed by atoms with E-state index in [0.29, 0.717) is 25.7 Å². The number of unbranched alkanes of at least 4 members (excludes halogenated alkanes) is 31. The Balaban J connectivity index is 1.76. The fraction of sp³-hybridized carbons (Fsp3) is 0.900. The number of phosphoric acid groups is 1. The van der Waals surface area contributed by atoms with Crippen molar-refractivity contribution in [3.8, 4) is 0 Å². The third-order valence-corrected chi connectivity index (χ3v) is 18.9. The first-order chi connectivity index (χ1) is 45.8. The van der Waals surface area contributed by atoms with Gasteiger partial charge in [-0.15, -0.1) is 0 Å². The summed E-state index contributed by atoms with van der Waals surface area (Å²) in [7, 11) is -5.70. The summed E-state index contributed by atoms with van der Waals surface area (Å²) < 4.78 is 64.9. The zero-order valence-electron chi connectivity index (χ0n) is 57.7. The van der Waals surface area contributed by atoms with Crippen LogP contribution in [0.1, 0.15) is 271 Å². The molecule has 2 saturated heterocycles. The molecule has 0 bridgehead atoms. The summed E-state index contributed by atoms with van der Waals surface area (Å²) in [4.78, 5) is 50.9. The average molecular weight is 1380 g/mol. The Morgan fingerprint density at radius 2 is 0.737 bits per heavy atom. The topological polar surface area (TPSA) is 374 Å². The number of aliphatic hydroxyl groups excluding tert-OH is 10. The number of phosphoric ester groups is 1.